The molecule has 0 radical (unpaired) electrons. The van der Waals surface area contributed by atoms with Crippen molar-refractivity contribution in [3.63, 3.8) is 0 Å². The van der Waals surface area contributed by atoms with Gasteiger partial charge in [-0.05, 0) is 46.5 Å². The topological polar surface area (TPSA) is 59.6 Å². The molecule has 0 aliphatic carbocycles. The molecule has 1 heterocycles. The van der Waals surface area contributed by atoms with E-state index in [0.29, 0.717) is 12.5 Å². The highest BCUT2D eigenvalue weighted by atomic mass is 16.7. The maximum absolute atomic E-state index is 12.3. The van der Waals surface area contributed by atoms with Crippen LogP contribution in [0, 0.1) is 5.92 Å². The van der Waals surface area contributed by atoms with Gasteiger partial charge in [-0.15, -0.1) is 6.58 Å². The van der Waals surface area contributed by atoms with Gasteiger partial charge in [-0.2, -0.15) is 0 Å². The van der Waals surface area contributed by atoms with Crippen LogP contribution < -0.4 is 10.5 Å². The predicted molar refractivity (Wildman–Crippen MR) is 90.3 cm³/mol. The van der Waals surface area contributed by atoms with Crippen molar-refractivity contribution in [1.82, 2.24) is 10.5 Å². The number of nitrogens with one attached hydrogen (secondary N) is 2. The Morgan fingerprint density at radius 2 is 1.77 bits per heavy atom. The molecule has 6 heteroatoms. The molecule has 1 rings (SSSR count). The van der Waals surface area contributed by atoms with E-state index in [0.717, 1.165) is 12.8 Å². The fourth-order valence-electron chi connectivity index (χ4n) is 2.22. The smallest absolute Gasteiger partial charge is 0.389 e. The SMILES string of the molecule is C=CCCNC(=O)[C@H](CC(C)C)NB1OC(C)(C)C(C)(C)O1. The summed E-state index contributed by atoms with van der Waals surface area (Å²) in [5.41, 5.74) is -0.821. The Labute approximate surface area is 135 Å². The normalized spacial score (nSPS) is 21.0. The van der Waals surface area contributed by atoms with Crippen molar-refractivity contribution in [2.24, 2.45) is 5.92 Å². The molecule has 0 aromatic heterocycles. The molecule has 1 aliphatic rings. The Morgan fingerprint density at radius 1 is 1.23 bits per heavy atom. The van der Waals surface area contributed by atoms with Gasteiger partial charge < -0.3 is 14.6 Å². The van der Waals surface area contributed by atoms with Crippen molar-refractivity contribution in [2.75, 3.05) is 6.54 Å². The molecule has 1 aliphatic heterocycles. The first kappa shape index (κ1) is 19.2. The lowest BCUT2D eigenvalue weighted by Gasteiger charge is -2.32. The minimum Gasteiger partial charge on any atom is -0.389 e. The molecule has 126 valence electrons. The van der Waals surface area contributed by atoms with Crippen LogP contribution in [0.4, 0.5) is 0 Å². The van der Waals surface area contributed by atoms with Gasteiger partial charge >= 0.3 is 7.25 Å². The molecule has 0 aromatic carbocycles. The second kappa shape index (κ2) is 7.62. The number of carbonyl (C=O) groups excluding carboxylic acids is 1. The maximum Gasteiger partial charge on any atom is 0.556 e. The van der Waals surface area contributed by atoms with E-state index in [1.54, 1.807) is 6.08 Å². The highest BCUT2D eigenvalue weighted by Crippen LogP contribution is 2.36. The van der Waals surface area contributed by atoms with Gasteiger partial charge in [0.2, 0.25) is 5.91 Å². The lowest BCUT2D eigenvalue weighted by molar-refractivity contribution is -0.123. The molecule has 0 aromatic rings. The molecule has 22 heavy (non-hydrogen) atoms. The van der Waals surface area contributed by atoms with Crippen LogP contribution in [0.3, 0.4) is 0 Å². The first-order valence-electron chi connectivity index (χ1n) is 8.09. The number of hydrogen-bond donors (Lipinski definition) is 2. The summed E-state index contributed by atoms with van der Waals surface area (Å²) < 4.78 is 11.8. The Kier molecular flexibility index (Phi) is 6.65. The van der Waals surface area contributed by atoms with Crippen molar-refractivity contribution in [3.8, 4) is 0 Å². The van der Waals surface area contributed by atoms with Crippen LogP contribution in [0.25, 0.3) is 0 Å². The van der Waals surface area contributed by atoms with Gasteiger partial charge in [0.05, 0.1) is 17.2 Å². The molecule has 1 saturated heterocycles. The summed E-state index contributed by atoms with van der Waals surface area (Å²) in [5, 5.41) is 6.12. The Hall–Kier alpha value is -0.845. The summed E-state index contributed by atoms with van der Waals surface area (Å²) in [5.74, 6) is 0.371. The van der Waals surface area contributed by atoms with E-state index < -0.39 is 18.5 Å². The molecular formula is C16H31BN2O3. The van der Waals surface area contributed by atoms with E-state index in [1.807, 2.05) is 27.7 Å². The van der Waals surface area contributed by atoms with Crippen LogP contribution in [0.5, 0.6) is 0 Å². The van der Waals surface area contributed by atoms with E-state index in [4.69, 9.17) is 9.31 Å². The molecule has 1 atom stereocenters. The molecule has 0 saturated carbocycles. The fraction of sp³-hybridized carbons (Fsp3) is 0.812. The largest absolute Gasteiger partial charge is 0.556 e. The molecule has 0 spiro atoms. The van der Waals surface area contributed by atoms with Gasteiger partial charge in [0.25, 0.3) is 0 Å². The van der Waals surface area contributed by atoms with E-state index in [1.165, 1.54) is 0 Å². The van der Waals surface area contributed by atoms with Crippen LogP contribution in [0.2, 0.25) is 0 Å². The summed E-state index contributed by atoms with van der Waals surface area (Å²) in [7, 11) is -0.570. The van der Waals surface area contributed by atoms with E-state index in [9.17, 15) is 4.79 Å². The second-order valence-corrected chi connectivity index (χ2v) is 7.31. The summed E-state index contributed by atoms with van der Waals surface area (Å²) in [4.78, 5) is 12.3. The summed E-state index contributed by atoms with van der Waals surface area (Å²) in [6.07, 6.45) is 3.28. The molecule has 1 amide bonds. The minimum absolute atomic E-state index is 0.0229. The zero-order chi connectivity index (χ0) is 17.0. The monoisotopic (exact) mass is 310 g/mol. The van der Waals surface area contributed by atoms with Crippen LogP contribution in [-0.2, 0) is 14.1 Å². The zero-order valence-electron chi connectivity index (χ0n) is 14.9. The molecule has 0 bridgehead atoms. The van der Waals surface area contributed by atoms with Gasteiger partial charge in [-0.25, -0.2) is 0 Å². The fourth-order valence-corrected chi connectivity index (χ4v) is 2.22. The number of hydrogen-bond acceptors (Lipinski definition) is 4. The first-order chi connectivity index (χ1) is 10.1. The van der Waals surface area contributed by atoms with Crippen molar-refractivity contribution in [3.05, 3.63) is 12.7 Å². The van der Waals surface area contributed by atoms with Crippen LogP contribution in [0.15, 0.2) is 12.7 Å². The molecule has 0 unspecified atom stereocenters. The third-order valence-corrected chi connectivity index (χ3v) is 4.26. The van der Waals surface area contributed by atoms with Crippen molar-refractivity contribution in [2.45, 2.75) is 71.6 Å². The standard InChI is InChI=1S/C16H31BN2O3/c1-8-9-10-18-14(20)13(11-12(2)3)19-17-21-15(4,5)16(6,7)22-17/h8,12-13,19H,1,9-11H2,2-7H3,(H,18,20)/t13-/m0/s1. The molecule has 2 N–H and O–H groups in total. The lowest BCUT2D eigenvalue weighted by atomic mass is 9.90. The van der Waals surface area contributed by atoms with Crippen LogP contribution in [0.1, 0.15) is 54.4 Å². The van der Waals surface area contributed by atoms with E-state index >= 15 is 0 Å². The zero-order valence-corrected chi connectivity index (χ0v) is 14.9. The Balaban J connectivity index is 2.66. The average molecular weight is 310 g/mol. The highest BCUT2D eigenvalue weighted by Gasteiger charge is 2.52. The number of amides is 1. The van der Waals surface area contributed by atoms with E-state index in [2.05, 4.69) is 31.0 Å². The van der Waals surface area contributed by atoms with Crippen LogP contribution >= 0.6 is 0 Å². The van der Waals surface area contributed by atoms with Crippen molar-refractivity contribution >= 4 is 13.2 Å². The first-order valence-corrected chi connectivity index (χ1v) is 8.09. The molecule has 1 fully saturated rings. The summed E-state index contributed by atoms with van der Waals surface area (Å²) in [6.45, 7) is 16.4. The van der Waals surface area contributed by atoms with Crippen molar-refractivity contribution < 1.29 is 14.1 Å². The van der Waals surface area contributed by atoms with Gasteiger partial charge in [0.15, 0.2) is 0 Å². The van der Waals surface area contributed by atoms with Gasteiger partial charge in [-0.3, -0.25) is 10.0 Å². The van der Waals surface area contributed by atoms with Gasteiger partial charge in [-0.1, -0.05) is 19.9 Å². The quantitative estimate of drug-likeness (QED) is 0.410. The lowest BCUT2D eigenvalue weighted by Crippen LogP contribution is -2.52. The van der Waals surface area contributed by atoms with Crippen LogP contribution in [-0.4, -0.2) is 36.9 Å². The number of carbonyl (C=O) groups is 1. The van der Waals surface area contributed by atoms with Crippen molar-refractivity contribution in [1.29, 1.82) is 0 Å². The predicted octanol–water partition coefficient (Wildman–Crippen LogP) is 2.27. The Morgan fingerprint density at radius 3 is 2.23 bits per heavy atom. The third-order valence-electron chi connectivity index (χ3n) is 4.26. The second-order valence-electron chi connectivity index (χ2n) is 7.31. The summed E-state index contributed by atoms with van der Waals surface area (Å²) >= 11 is 0. The summed E-state index contributed by atoms with van der Waals surface area (Å²) in [6, 6.07) is -0.334. The highest BCUT2D eigenvalue weighted by molar-refractivity contribution is 6.43. The van der Waals surface area contributed by atoms with Gasteiger partial charge in [0, 0.05) is 6.54 Å². The average Bonchev–Trinajstić information content (AvgIpc) is 2.56. The molecular weight excluding hydrogens is 279 g/mol. The number of rotatable bonds is 8. The third kappa shape index (κ3) is 5.11. The van der Waals surface area contributed by atoms with Gasteiger partial charge in [0.1, 0.15) is 0 Å². The maximum atomic E-state index is 12.3. The Bertz CT molecular complexity index is 381. The molecule has 5 nitrogen and oxygen atoms in total. The minimum atomic E-state index is -0.570. The van der Waals surface area contributed by atoms with E-state index in [-0.39, 0.29) is 11.9 Å².